The van der Waals surface area contributed by atoms with Gasteiger partial charge in [-0.1, -0.05) is 0 Å². The molecule has 0 fully saturated rings. The Kier molecular flexibility index (Phi) is 4.18. The van der Waals surface area contributed by atoms with Crippen LogP contribution in [0.1, 0.15) is 33.4 Å². The maximum Gasteiger partial charge on any atom is 0.161 e. The smallest absolute Gasteiger partial charge is 0.161 e. The van der Waals surface area contributed by atoms with Crippen LogP contribution in [0, 0.1) is 19.7 Å². The van der Waals surface area contributed by atoms with Crippen molar-refractivity contribution in [3.8, 4) is 0 Å². The van der Waals surface area contributed by atoms with E-state index in [4.69, 9.17) is 0 Å². The summed E-state index contributed by atoms with van der Waals surface area (Å²) in [6.07, 6.45) is 0. The van der Waals surface area contributed by atoms with Crippen LogP contribution in [0.2, 0.25) is 0 Å². The molecule has 0 atom stereocenters. The number of benzene rings is 1. The third-order valence-corrected chi connectivity index (χ3v) is 4.21. The van der Waals surface area contributed by atoms with E-state index in [0.717, 1.165) is 16.3 Å². The molecule has 0 saturated carbocycles. The topological polar surface area (TPSA) is 33.2 Å². The fourth-order valence-corrected chi connectivity index (χ4v) is 2.87. The van der Waals surface area contributed by atoms with Gasteiger partial charge < -0.3 is 4.90 Å². The van der Waals surface area contributed by atoms with Crippen molar-refractivity contribution in [3.63, 3.8) is 0 Å². The van der Waals surface area contributed by atoms with Gasteiger partial charge in [-0.3, -0.25) is 4.79 Å². The Bertz CT molecular complexity index is 651. The zero-order valence-corrected chi connectivity index (χ0v) is 12.8. The molecule has 0 radical (unpaired) electrons. The maximum atomic E-state index is 13.6. The molecule has 0 amide bonds. The van der Waals surface area contributed by atoms with Gasteiger partial charge in [-0.05, 0) is 38.5 Å². The molecule has 20 heavy (non-hydrogen) atoms. The molecule has 0 aliphatic rings. The van der Waals surface area contributed by atoms with E-state index >= 15 is 0 Å². The van der Waals surface area contributed by atoms with Crippen LogP contribution in [-0.4, -0.2) is 17.8 Å². The first-order valence-corrected chi connectivity index (χ1v) is 7.19. The first kappa shape index (κ1) is 14.7. The summed E-state index contributed by atoms with van der Waals surface area (Å²) >= 11 is 1.58. The number of hydrogen-bond acceptors (Lipinski definition) is 4. The van der Waals surface area contributed by atoms with Crippen molar-refractivity contribution in [2.75, 3.05) is 11.9 Å². The number of carbonyl (C=O) groups is 1. The molecule has 2 rings (SSSR count). The number of rotatable bonds is 4. The second kappa shape index (κ2) is 5.71. The number of carbonyl (C=O) groups excluding carboxylic acids is 1. The van der Waals surface area contributed by atoms with Crippen LogP contribution >= 0.6 is 11.3 Å². The Balaban J connectivity index is 2.38. The number of anilines is 1. The largest absolute Gasteiger partial charge is 0.369 e. The third-order valence-electron chi connectivity index (χ3n) is 3.29. The van der Waals surface area contributed by atoms with Gasteiger partial charge in [0.05, 0.1) is 17.7 Å². The van der Waals surface area contributed by atoms with E-state index in [-0.39, 0.29) is 11.6 Å². The monoisotopic (exact) mass is 292 g/mol. The minimum atomic E-state index is -0.346. The van der Waals surface area contributed by atoms with Gasteiger partial charge in [0.2, 0.25) is 0 Å². The van der Waals surface area contributed by atoms with E-state index in [1.54, 1.807) is 29.8 Å². The number of aryl methyl sites for hydroxylation is 2. The van der Waals surface area contributed by atoms with Gasteiger partial charge in [-0.15, -0.1) is 11.3 Å². The van der Waals surface area contributed by atoms with E-state index in [2.05, 4.69) is 4.98 Å². The van der Waals surface area contributed by atoms with Crippen molar-refractivity contribution in [3.05, 3.63) is 45.2 Å². The van der Waals surface area contributed by atoms with Gasteiger partial charge in [0, 0.05) is 23.2 Å². The van der Waals surface area contributed by atoms with Crippen LogP contribution in [0.25, 0.3) is 0 Å². The molecule has 0 bridgehead atoms. The number of nitrogens with zero attached hydrogens (tertiary/aromatic N) is 2. The highest BCUT2D eigenvalue weighted by molar-refractivity contribution is 7.09. The van der Waals surface area contributed by atoms with Gasteiger partial charge in [0.25, 0.3) is 0 Å². The highest BCUT2D eigenvalue weighted by Crippen LogP contribution is 2.26. The Morgan fingerprint density at radius 2 is 2.10 bits per heavy atom. The van der Waals surface area contributed by atoms with Gasteiger partial charge in [-0.25, -0.2) is 9.37 Å². The predicted molar refractivity (Wildman–Crippen MR) is 80.1 cm³/mol. The summed E-state index contributed by atoms with van der Waals surface area (Å²) in [5, 5.41) is 0. The molecule has 5 heteroatoms. The van der Waals surface area contributed by atoms with Crippen molar-refractivity contribution < 1.29 is 9.18 Å². The average Bonchev–Trinajstić information content (AvgIpc) is 2.77. The molecule has 0 aliphatic carbocycles. The SMILES string of the molecule is CC(=O)c1cc(F)c(C)cc1N(C)Cc1scnc1C. The maximum absolute atomic E-state index is 13.6. The molecule has 0 unspecified atom stereocenters. The van der Waals surface area contributed by atoms with Crippen LogP contribution in [0.15, 0.2) is 17.6 Å². The molecule has 0 saturated heterocycles. The average molecular weight is 292 g/mol. The minimum absolute atomic E-state index is 0.133. The van der Waals surface area contributed by atoms with Crippen LogP contribution in [0.3, 0.4) is 0 Å². The predicted octanol–water partition coefficient (Wildman–Crippen LogP) is 3.74. The van der Waals surface area contributed by atoms with Crippen molar-refractivity contribution in [1.29, 1.82) is 0 Å². The number of aromatic nitrogens is 1. The van der Waals surface area contributed by atoms with Crippen molar-refractivity contribution >= 4 is 22.8 Å². The first-order valence-electron chi connectivity index (χ1n) is 6.31. The van der Waals surface area contributed by atoms with Crippen LogP contribution < -0.4 is 4.90 Å². The first-order chi connectivity index (χ1) is 9.40. The fraction of sp³-hybridized carbons (Fsp3) is 0.333. The van der Waals surface area contributed by atoms with Gasteiger partial charge in [-0.2, -0.15) is 0 Å². The Morgan fingerprint density at radius 1 is 1.40 bits per heavy atom. The highest BCUT2D eigenvalue weighted by Gasteiger charge is 2.16. The Hall–Kier alpha value is -1.75. The molecule has 106 valence electrons. The lowest BCUT2D eigenvalue weighted by molar-refractivity contribution is 0.101. The summed E-state index contributed by atoms with van der Waals surface area (Å²) in [4.78, 5) is 19.0. The molecule has 0 N–H and O–H groups in total. The summed E-state index contributed by atoms with van der Waals surface area (Å²) < 4.78 is 13.6. The fourth-order valence-electron chi connectivity index (χ4n) is 2.04. The molecule has 1 aromatic carbocycles. The normalized spacial score (nSPS) is 10.7. The number of hydrogen-bond donors (Lipinski definition) is 0. The zero-order valence-electron chi connectivity index (χ0n) is 12.0. The highest BCUT2D eigenvalue weighted by atomic mass is 32.1. The summed E-state index contributed by atoms with van der Waals surface area (Å²) in [5.74, 6) is -0.479. The van der Waals surface area contributed by atoms with Gasteiger partial charge >= 0.3 is 0 Å². The van der Waals surface area contributed by atoms with Crippen LogP contribution in [-0.2, 0) is 6.54 Å². The van der Waals surface area contributed by atoms with E-state index in [1.165, 1.54) is 13.0 Å². The van der Waals surface area contributed by atoms with E-state index in [9.17, 15) is 9.18 Å². The number of ketones is 1. The van der Waals surface area contributed by atoms with Gasteiger partial charge in [0.15, 0.2) is 5.78 Å². The molecule has 2 aromatic rings. The molecular formula is C15H17FN2OS. The molecule has 0 spiro atoms. The number of Topliss-reactive ketones (excluding diaryl/α,β-unsaturated/α-hetero) is 1. The lowest BCUT2D eigenvalue weighted by Gasteiger charge is -2.22. The number of halogens is 1. The van der Waals surface area contributed by atoms with Crippen LogP contribution in [0.4, 0.5) is 10.1 Å². The Labute approximate surface area is 122 Å². The lowest BCUT2D eigenvalue weighted by atomic mass is 10.0. The zero-order chi connectivity index (χ0) is 14.9. The quantitative estimate of drug-likeness (QED) is 0.805. The summed E-state index contributed by atoms with van der Waals surface area (Å²) in [6.45, 7) is 5.78. The van der Waals surface area contributed by atoms with Crippen LogP contribution in [0.5, 0.6) is 0 Å². The summed E-state index contributed by atoms with van der Waals surface area (Å²) in [7, 11) is 1.90. The lowest BCUT2D eigenvalue weighted by Crippen LogP contribution is -2.19. The molecular weight excluding hydrogens is 275 g/mol. The second-order valence-corrected chi connectivity index (χ2v) is 5.83. The standard InChI is InChI=1S/C15H17FN2OS/c1-9-5-14(12(11(3)19)6-13(9)16)18(4)7-15-10(2)17-8-20-15/h5-6,8H,7H2,1-4H3. The molecule has 1 aromatic heterocycles. The second-order valence-electron chi connectivity index (χ2n) is 4.89. The van der Waals surface area contributed by atoms with E-state index < -0.39 is 0 Å². The molecule has 1 heterocycles. The third kappa shape index (κ3) is 2.88. The summed E-state index contributed by atoms with van der Waals surface area (Å²) in [6, 6.07) is 3.05. The van der Waals surface area contributed by atoms with Crippen molar-refractivity contribution in [1.82, 2.24) is 4.98 Å². The van der Waals surface area contributed by atoms with E-state index in [0.29, 0.717) is 17.7 Å². The van der Waals surface area contributed by atoms with Crippen molar-refractivity contribution in [2.24, 2.45) is 0 Å². The van der Waals surface area contributed by atoms with E-state index in [1.807, 2.05) is 18.9 Å². The summed E-state index contributed by atoms with van der Waals surface area (Å²) in [5.41, 5.74) is 4.50. The molecule has 3 nitrogen and oxygen atoms in total. The minimum Gasteiger partial charge on any atom is -0.369 e. The van der Waals surface area contributed by atoms with Crippen molar-refractivity contribution in [2.45, 2.75) is 27.3 Å². The molecule has 0 aliphatic heterocycles. The number of thiazole rings is 1. The van der Waals surface area contributed by atoms with Gasteiger partial charge in [0.1, 0.15) is 5.82 Å². The Morgan fingerprint density at radius 3 is 2.65 bits per heavy atom.